The van der Waals surface area contributed by atoms with Gasteiger partial charge in [-0.05, 0) is 49.9 Å². The van der Waals surface area contributed by atoms with E-state index in [4.69, 9.17) is 0 Å². The number of rotatable bonds is 3. The lowest BCUT2D eigenvalue weighted by Gasteiger charge is -2.58. The number of aliphatic hydroxyl groups excluding tert-OH is 1. The average Bonchev–Trinajstić information content (AvgIpc) is 2.23. The highest BCUT2D eigenvalue weighted by molar-refractivity contribution is 5.71. The number of hydrogen-bond donors (Lipinski definition) is 1. The van der Waals surface area contributed by atoms with Gasteiger partial charge in [0, 0.05) is 0 Å². The Kier molecular flexibility index (Phi) is 2.48. The van der Waals surface area contributed by atoms with Gasteiger partial charge in [-0.15, -0.1) is 0 Å². The smallest absolute Gasteiger partial charge is 0.398 e. The molecule has 18 heavy (non-hydrogen) atoms. The number of halogens is 2. The first-order valence-electron chi connectivity index (χ1n) is 6.29. The van der Waals surface area contributed by atoms with Gasteiger partial charge in [0.05, 0.1) is 11.7 Å². The molecule has 4 rings (SSSR count). The maximum absolute atomic E-state index is 13.2. The maximum atomic E-state index is 13.2. The van der Waals surface area contributed by atoms with Crippen LogP contribution in [0.5, 0.6) is 0 Å². The van der Waals surface area contributed by atoms with Gasteiger partial charge in [-0.1, -0.05) is 0 Å². The summed E-state index contributed by atoms with van der Waals surface area (Å²) < 4.78 is 31.1. The Bertz CT molecular complexity index is 368. The molecular weight excluding hydrogens is 246 g/mol. The van der Waals surface area contributed by atoms with Crippen molar-refractivity contribution in [2.45, 2.75) is 49.9 Å². The third-order valence-electron chi connectivity index (χ3n) is 4.75. The molecule has 0 amide bonds. The fourth-order valence-electron chi connectivity index (χ4n) is 4.36. The van der Waals surface area contributed by atoms with Crippen LogP contribution in [0.1, 0.15) is 32.1 Å². The topological polar surface area (TPSA) is 69.6 Å². The van der Waals surface area contributed by atoms with Crippen LogP contribution in [0, 0.1) is 17.8 Å². The summed E-state index contributed by atoms with van der Waals surface area (Å²) in [7, 11) is 0. The molecule has 4 nitrogen and oxygen atoms in total. The van der Waals surface area contributed by atoms with E-state index in [0.29, 0.717) is 19.3 Å². The number of hydrogen-bond acceptors (Lipinski definition) is 4. The summed E-state index contributed by atoms with van der Waals surface area (Å²) >= 11 is 0. The van der Waals surface area contributed by atoms with Crippen LogP contribution in [-0.4, -0.2) is 28.9 Å². The molecule has 0 heterocycles. The molecule has 0 saturated heterocycles. The van der Waals surface area contributed by atoms with E-state index in [1.165, 1.54) is 0 Å². The van der Waals surface area contributed by atoms with E-state index in [9.17, 15) is 23.8 Å². The first kappa shape index (κ1) is 12.3. The van der Waals surface area contributed by atoms with Crippen molar-refractivity contribution in [3.05, 3.63) is 0 Å². The normalized spacial score (nSPS) is 46.4. The second-order valence-corrected chi connectivity index (χ2v) is 6.05. The quantitative estimate of drug-likeness (QED) is 0.792. The van der Waals surface area contributed by atoms with E-state index in [-0.39, 0.29) is 17.8 Å². The summed E-state index contributed by atoms with van der Waals surface area (Å²) in [5.41, 5.74) is -1.08. The van der Waals surface area contributed by atoms with Crippen molar-refractivity contribution in [3.63, 3.8) is 0 Å². The minimum atomic E-state index is -4.24. The van der Waals surface area contributed by atoms with Gasteiger partial charge in [-0.25, -0.2) is 0 Å². The van der Waals surface area contributed by atoms with Gasteiger partial charge < -0.3 is 19.7 Å². The lowest BCUT2D eigenvalue weighted by Crippen LogP contribution is -2.61. The second kappa shape index (κ2) is 3.63. The zero-order valence-corrected chi connectivity index (χ0v) is 9.77. The molecule has 102 valence electrons. The predicted octanol–water partition coefficient (Wildman–Crippen LogP) is 0.285. The van der Waals surface area contributed by atoms with Crippen LogP contribution >= 0.6 is 0 Å². The summed E-state index contributed by atoms with van der Waals surface area (Å²) in [6.45, 7) is 0. The number of carboxylic acids is 1. The van der Waals surface area contributed by atoms with Crippen LogP contribution in [0.25, 0.3) is 0 Å². The van der Waals surface area contributed by atoms with E-state index in [0.717, 1.165) is 12.8 Å². The molecule has 0 aromatic rings. The van der Waals surface area contributed by atoms with Crippen molar-refractivity contribution in [3.8, 4) is 0 Å². The first-order valence-corrected chi connectivity index (χ1v) is 6.29. The number of carbonyl (C=O) groups is 1. The fourth-order valence-corrected chi connectivity index (χ4v) is 4.36. The summed E-state index contributed by atoms with van der Waals surface area (Å²) in [5.74, 6) is -2.29. The highest BCUT2D eigenvalue weighted by Gasteiger charge is 2.58. The Morgan fingerprint density at radius 2 is 1.83 bits per heavy atom. The number of ether oxygens (including phenoxy) is 1. The third kappa shape index (κ3) is 1.73. The van der Waals surface area contributed by atoms with Crippen molar-refractivity contribution in [1.29, 1.82) is 0 Å². The van der Waals surface area contributed by atoms with Gasteiger partial charge in [-0.3, -0.25) is 0 Å². The Labute approximate surface area is 103 Å². The summed E-state index contributed by atoms with van der Waals surface area (Å²) in [6, 6.07) is 0. The van der Waals surface area contributed by atoms with Gasteiger partial charge in [0.15, 0.2) is 0 Å². The Morgan fingerprint density at radius 1 is 1.28 bits per heavy atom. The van der Waals surface area contributed by atoms with E-state index < -0.39 is 23.8 Å². The molecule has 6 heteroatoms. The number of aliphatic carboxylic acids is 1. The molecule has 4 bridgehead atoms. The van der Waals surface area contributed by atoms with Crippen LogP contribution in [0.4, 0.5) is 8.78 Å². The van der Waals surface area contributed by atoms with Gasteiger partial charge >= 0.3 is 6.11 Å². The molecule has 0 aromatic heterocycles. The molecule has 4 aliphatic carbocycles. The Morgan fingerprint density at radius 3 is 2.33 bits per heavy atom. The lowest BCUT2D eigenvalue weighted by atomic mass is 9.53. The number of carbonyl (C=O) groups excluding carboxylic acids is 1. The van der Waals surface area contributed by atoms with Crippen LogP contribution < -0.4 is 5.11 Å². The molecule has 2 atom stereocenters. The zero-order valence-electron chi connectivity index (χ0n) is 9.77. The highest BCUT2D eigenvalue weighted by atomic mass is 19.3. The average molecular weight is 261 g/mol. The highest BCUT2D eigenvalue weighted by Crippen LogP contribution is 2.58. The van der Waals surface area contributed by atoms with Crippen molar-refractivity contribution < 1.29 is 28.5 Å². The van der Waals surface area contributed by atoms with E-state index in [1.807, 2.05) is 0 Å². The van der Waals surface area contributed by atoms with E-state index in [1.54, 1.807) is 0 Å². The minimum Gasteiger partial charge on any atom is -0.542 e. The van der Waals surface area contributed by atoms with Gasteiger partial charge in [0.1, 0.15) is 5.97 Å². The number of alkyl halides is 2. The lowest BCUT2D eigenvalue weighted by molar-refractivity contribution is -0.387. The summed E-state index contributed by atoms with van der Waals surface area (Å²) in [4.78, 5) is 10.4. The molecule has 2 unspecified atom stereocenters. The molecule has 4 fully saturated rings. The predicted molar refractivity (Wildman–Crippen MR) is 53.3 cm³/mol. The number of aliphatic hydroxyl groups is 1. The van der Waals surface area contributed by atoms with Gasteiger partial charge in [-0.2, -0.15) is 8.78 Å². The SMILES string of the molecule is O=C([O-])C(F)(F)OC12CC3CC(C1)C(O)C(C3)C2. The Hall–Kier alpha value is -0.750. The number of carboxylic acid groups (broad SMARTS) is 1. The molecule has 0 radical (unpaired) electrons. The molecule has 0 aliphatic heterocycles. The van der Waals surface area contributed by atoms with Gasteiger partial charge in [0.2, 0.25) is 0 Å². The summed E-state index contributed by atoms with van der Waals surface area (Å²) in [5, 5.41) is 20.4. The molecule has 0 spiro atoms. The van der Waals surface area contributed by atoms with Crippen molar-refractivity contribution in [1.82, 2.24) is 0 Å². The molecule has 4 aliphatic rings. The van der Waals surface area contributed by atoms with Crippen molar-refractivity contribution in [2.75, 3.05) is 0 Å². The third-order valence-corrected chi connectivity index (χ3v) is 4.75. The van der Waals surface area contributed by atoms with Crippen molar-refractivity contribution in [2.24, 2.45) is 17.8 Å². The van der Waals surface area contributed by atoms with Crippen LogP contribution in [0.15, 0.2) is 0 Å². The Balaban J connectivity index is 1.82. The zero-order chi connectivity index (χ0) is 13.1. The maximum Gasteiger partial charge on any atom is 0.398 e. The second-order valence-electron chi connectivity index (χ2n) is 6.05. The minimum absolute atomic E-state index is 0.0335. The summed E-state index contributed by atoms with van der Waals surface area (Å²) in [6.07, 6.45) is -1.91. The van der Waals surface area contributed by atoms with E-state index >= 15 is 0 Å². The monoisotopic (exact) mass is 261 g/mol. The largest absolute Gasteiger partial charge is 0.542 e. The van der Waals surface area contributed by atoms with Gasteiger partial charge in [0.25, 0.3) is 0 Å². The standard InChI is InChI=1S/C12H16F2O4/c13-12(14,10(16)17)18-11-3-6-1-7(4-11)9(15)8(2-6)5-11/h6-9,15H,1-5H2,(H,16,17)/p-1. The molecule has 1 N–H and O–H groups in total. The fraction of sp³-hybridized carbons (Fsp3) is 0.917. The van der Waals surface area contributed by atoms with Crippen LogP contribution in [0.3, 0.4) is 0 Å². The van der Waals surface area contributed by atoms with Crippen LogP contribution in [0.2, 0.25) is 0 Å². The molecular formula is C12H15F2O4-. The van der Waals surface area contributed by atoms with Crippen LogP contribution in [-0.2, 0) is 9.53 Å². The molecule has 4 saturated carbocycles. The first-order chi connectivity index (χ1) is 8.31. The molecule has 0 aromatic carbocycles. The van der Waals surface area contributed by atoms with E-state index in [2.05, 4.69) is 4.74 Å². The van der Waals surface area contributed by atoms with Crippen molar-refractivity contribution >= 4 is 5.97 Å².